The highest BCUT2D eigenvalue weighted by atomic mass is 31.2. The van der Waals surface area contributed by atoms with Crippen LogP contribution in [0.4, 0.5) is 0 Å². The van der Waals surface area contributed by atoms with Gasteiger partial charge in [0.1, 0.15) is 11.3 Å². The summed E-state index contributed by atoms with van der Waals surface area (Å²) in [6, 6.07) is 6.36. The number of methoxy groups -OCH3 is 1. The third-order valence-corrected chi connectivity index (χ3v) is 2.75. The Morgan fingerprint density at radius 3 is 2.74 bits per heavy atom. The molecule has 102 valence electrons. The lowest BCUT2D eigenvalue weighted by Gasteiger charge is -2.03. The van der Waals surface area contributed by atoms with Crippen LogP contribution in [0.3, 0.4) is 0 Å². The van der Waals surface area contributed by atoms with Crippen LogP contribution in [0.2, 0.25) is 0 Å². The van der Waals surface area contributed by atoms with E-state index in [4.69, 9.17) is 18.9 Å². The number of hydrogen-bond acceptors (Lipinski definition) is 5. The number of fused-ring (bicyclic) bond motifs is 1. The van der Waals surface area contributed by atoms with Crippen molar-refractivity contribution in [2.45, 2.75) is 0 Å². The van der Waals surface area contributed by atoms with Crippen molar-refractivity contribution < 1.29 is 33.0 Å². The summed E-state index contributed by atoms with van der Waals surface area (Å²) in [7, 11) is -2.88. The minimum Gasteiger partial charge on any atom is -0.497 e. The standard InChI is InChI=1S/C11H11O7P/c1-16-8-2-3-9-7(4-8)5-10(18-9)11(12)17-6-19(13,14)15/h2-5H,6H2,1H3,(H2,13,14,15). The van der Waals surface area contributed by atoms with Gasteiger partial charge in [-0.05, 0) is 24.3 Å². The van der Waals surface area contributed by atoms with E-state index in [9.17, 15) is 9.36 Å². The van der Waals surface area contributed by atoms with Gasteiger partial charge in [-0.1, -0.05) is 0 Å². The maximum absolute atomic E-state index is 11.5. The highest BCUT2D eigenvalue weighted by molar-refractivity contribution is 7.51. The molecule has 0 unspecified atom stereocenters. The van der Waals surface area contributed by atoms with Crippen LogP contribution in [0.25, 0.3) is 11.0 Å². The maximum atomic E-state index is 11.5. The summed E-state index contributed by atoms with van der Waals surface area (Å²) in [5, 5.41) is 0.627. The summed E-state index contributed by atoms with van der Waals surface area (Å²) < 4.78 is 25.3. The molecule has 2 N–H and O–H groups in total. The van der Waals surface area contributed by atoms with Gasteiger partial charge in [0.15, 0.2) is 6.35 Å². The van der Waals surface area contributed by atoms with Crippen molar-refractivity contribution in [1.29, 1.82) is 0 Å². The van der Waals surface area contributed by atoms with Gasteiger partial charge in [-0.25, -0.2) is 4.79 Å². The lowest BCUT2D eigenvalue weighted by Crippen LogP contribution is -2.05. The molecule has 19 heavy (non-hydrogen) atoms. The number of furan rings is 1. The molecule has 0 radical (unpaired) electrons. The molecule has 0 atom stereocenters. The van der Waals surface area contributed by atoms with Gasteiger partial charge >= 0.3 is 13.6 Å². The molecule has 0 saturated carbocycles. The third-order valence-electron chi connectivity index (χ3n) is 2.29. The normalized spacial score (nSPS) is 11.5. The molecule has 1 heterocycles. The van der Waals surface area contributed by atoms with Crippen molar-refractivity contribution in [2.24, 2.45) is 0 Å². The Bertz CT molecular complexity index is 654. The molecule has 7 nitrogen and oxygen atoms in total. The lowest BCUT2D eigenvalue weighted by molar-refractivity contribution is 0.0517. The molecule has 1 aromatic carbocycles. The molecule has 0 spiro atoms. The summed E-state index contributed by atoms with van der Waals surface area (Å²) in [5.41, 5.74) is 0.448. The molecule has 0 aliphatic carbocycles. The van der Waals surface area contributed by atoms with E-state index in [-0.39, 0.29) is 5.76 Å². The van der Waals surface area contributed by atoms with Gasteiger partial charge in [-0.2, -0.15) is 0 Å². The molecular weight excluding hydrogens is 275 g/mol. The zero-order chi connectivity index (χ0) is 14.0. The van der Waals surface area contributed by atoms with Crippen LogP contribution in [-0.4, -0.2) is 29.2 Å². The van der Waals surface area contributed by atoms with Gasteiger partial charge < -0.3 is 23.7 Å². The van der Waals surface area contributed by atoms with Crippen LogP contribution in [0.5, 0.6) is 5.75 Å². The molecule has 1 aromatic heterocycles. The molecule has 0 amide bonds. The predicted octanol–water partition coefficient (Wildman–Crippen LogP) is 1.73. The number of carbonyl (C=O) groups excluding carboxylic acids is 1. The monoisotopic (exact) mass is 286 g/mol. The van der Waals surface area contributed by atoms with Crippen molar-refractivity contribution in [1.82, 2.24) is 0 Å². The van der Waals surface area contributed by atoms with E-state index in [1.54, 1.807) is 18.2 Å². The van der Waals surface area contributed by atoms with Crippen molar-refractivity contribution in [3.63, 3.8) is 0 Å². The van der Waals surface area contributed by atoms with Crippen LogP contribution in [0.15, 0.2) is 28.7 Å². The number of rotatable bonds is 4. The van der Waals surface area contributed by atoms with E-state index in [2.05, 4.69) is 4.74 Å². The first-order valence-electron chi connectivity index (χ1n) is 5.18. The predicted molar refractivity (Wildman–Crippen MR) is 65.1 cm³/mol. The molecule has 0 aliphatic heterocycles. The Hall–Kier alpha value is -1.82. The number of hydrogen-bond donors (Lipinski definition) is 2. The van der Waals surface area contributed by atoms with E-state index in [0.29, 0.717) is 16.7 Å². The van der Waals surface area contributed by atoms with Crippen molar-refractivity contribution in [2.75, 3.05) is 13.5 Å². The quantitative estimate of drug-likeness (QED) is 0.651. The fourth-order valence-corrected chi connectivity index (χ4v) is 1.75. The van der Waals surface area contributed by atoms with Crippen molar-refractivity contribution in [3.8, 4) is 5.75 Å². The molecule has 8 heteroatoms. The van der Waals surface area contributed by atoms with E-state index in [1.807, 2.05) is 0 Å². The Morgan fingerprint density at radius 1 is 1.37 bits per heavy atom. The zero-order valence-electron chi connectivity index (χ0n) is 9.90. The van der Waals surface area contributed by atoms with Gasteiger partial charge in [0.25, 0.3) is 0 Å². The summed E-state index contributed by atoms with van der Waals surface area (Å²) in [6.45, 7) is 0. The zero-order valence-corrected chi connectivity index (χ0v) is 10.8. The number of esters is 1. The summed E-state index contributed by atoms with van der Waals surface area (Å²) in [6.07, 6.45) is -0.980. The molecule has 2 rings (SSSR count). The number of carbonyl (C=O) groups is 1. The molecule has 0 fully saturated rings. The van der Waals surface area contributed by atoms with Crippen molar-refractivity contribution in [3.05, 3.63) is 30.0 Å². The van der Waals surface area contributed by atoms with Gasteiger partial charge in [0, 0.05) is 5.39 Å². The van der Waals surface area contributed by atoms with E-state index in [0.717, 1.165) is 0 Å². The Morgan fingerprint density at radius 2 is 2.11 bits per heavy atom. The first kappa shape index (κ1) is 13.6. The minimum atomic E-state index is -4.39. The maximum Gasteiger partial charge on any atom is 0.374 e. The average Bonchev–Trinajstić information content (AvgIpc) is 2.77. The first-order chi connectivity index (χ1) is 8.89. The van der Waals surface area contributed by atoms with E-state index < -0.39 is 19.9 Å². The summed E-state index contributed by atoms with van der Waals surface area (Å²) in [4.78, 5) is 28.7. The molecule has 0 bridgehead atoms. The average molecular weight is 286 g/mol. The first-order valence-corrected chi connectivity index (χ1v) is 6.98. The Balaban J connectivity index is 2.21. The highest BCUT2D eigenvalue weighted by Crippen LogP contribution is 2.34. The number of benzene rings is 1. The third kappa shape index (κ3) is 3.35. The largest absolute Gasteiger partial charge is 0.497 e. The second-order valence-electron chi connectivity index (χ2n) is 3.74. The van der Waals surface area contributed by atoms with Crippen LogP contribution in [0.1, 0.15) is 10.6 Å². The van der Waals surface area contributed by atoms with Gasteiger partial charge in [-0.3, -0.25) is 4.57 Å². The Labute approximate surface area is 107 Å². The van der Waals surface area contributed by atoms with Crippen molar-refractivity contribution >= 4 is 24.5 Å². The Kier molecular flexibility index (Phi) is 3.61. The SMILES string of the molecule is COc1ccc2oc(C(=O)OCP(=O)(O)O)cc2c1. The lowest BCUT2D eigenvalue weighted by atomic mass is 10.2. The van der Waals surface area contributed by atoms with E-state index in [1.165, 1.54) is 13.2 Å². The van der Waals surface area contributed by atoms with E-state index >= 15 is 0 Å². The summed E-state index contributed by atoms with van der Waals surface area (Å²) in [5.74, 6) is -0.460. The van der Waals surface area contributed by atoms with Crippen LogP contribution >= 0.6 is 7.60 Å². The highest BCUT2D eigenvalue weighted by Gasteiger charge is 2.20. The summed E-state index contributed by atoms with van der Waals surface area (Å²) >= 11 is 0. The smallest absolute Gasteiger partial charge is 0.374 e. The van der Waals surface area contributed by atoms with Crippen LogP contribution in [-0.2, 0) is 9.30 Å². The molecule has 0 aliphatic rings. The molecule has 2 aromatic rings. The van der Waals surface area contributed by atoms with Gasteiger partial charge in [0.05, 0.1) is 7.11 Å². The second-order valence-corrected chi connectivity index (χ2v) is 5.33. The second kappa shape index (κ2) is 5.05. The number of ether oxygens (including phenoxy) is 2. The molecular formula is C11H11O7P. The van der Waals surface area contributed by atoms with Crippen LogP contribution < -0.4 is 4.74 Å². The molecule has 0 saturated heterocycles. The minimum absolute atomic E-state index is 0.128. The van der Waals surface area contributed by atoms with Gasteiger partial charge in [-0.15, -0.1) is 0 Å². The topological polar surface area (TPSA) is 106 Å². The van der Waals surface area contributed by atoms with Crippen LogP contribution in [0, 0.1) is 0 Å². The fourth-order valence-electron chi connectivity index (χ4n) is 1.46. The fraction of sp³-hybridized carbons (Fsp3) is 0.182. The van der Waals surface area contributed by atoms with Gasteiger partial charge in [0.2, 0.25) is 5.76 Å².